The van der Waals surface area contributed by atoms with E-state index in [1.807, 2.05) is 24.3 Å². The first kappa shape index (κ1) is 15.7. The Kier molecular flexibility index (Phi) is 5.90. The minimum absolute atomic E-state index is 0.0957. The zero-order valence-corrected chi connectivity index (χ0v) is 12.9. The molecule has 2 aromatic rings. The summed E-state index contributed by atoms with van der Waals surface area (Å²) >= 11 is 1.34. The summed E-state index contributed by atoms with van der Waals surface area (Å²) in [7, 11) is 0. The van der Waals surface area contributed by atoms with Gasteiger partial charge in [0.2, 0.25) is 0 Å². The predicted octanol–water partition coefficient (Wildman–Crippen LogP) is 4.22. The highest BCUT2D eigenvalue weighted by Crippen LogP contribution is 2.24. The van der Waals surface area contributed by atoms with Gasteiger partial charge in [0.05, 0.1) is 6.61 Å². The molecule has 1 heterocycles. The summed E-state index contributed by atoms with van der Waals surface area (Å²) in [4.78, 5) is 14.9. The fourth-order valence-corrected chi connectivity index (χ4v) is 2.69. The van der Waals surface area contributed by atoms with Crippen molar-refractivity contribution in [3.8, 4) is 10.6 Å². The van der Waals surface area contributed by atoms with Gasteiger partial charge in [0.15, 0.2) is 5.69 Å². The third-order valence-corrected chi connectivity index (χ3v) is 3.98. The summed E-state index contributed by atoms with van der Waals surface area (Å²) in [5.41, 5.74) is 2.14. The van der Waals surface area contributed by atoms with Crippen LogP contribution in [0.15, 0.2) is 29.6 Å². The Balaban J connectivity index is 1.90. The van der Waals surface area contributed by atoms with E-state index < -0.39 is 5.97 Å². The molecule has 0 aliphatic heterocycles. The molecule has 0 unspecified atom stereocenters. The number of ether oxygens (including phenoxy) is 1. The first-order valence-corrected chi connectivity index (χ1v) is 7.94. The molecule has 4 nitrogen and oxygen atoms in total. The largest absolute Gasteiger partial charge is 0.476 e. The van der Waals surface area contributed by atoms with E-state index in [1.165, 1.54) is 24.2 Å². The Morgan fingerprint density at radius 1 is 1.29 bits per heavy atom. The highest BCUT2D eigenvalue weighted by atomic mass is 32.1. The summed E-state index contributed by atoms with van der Waals surface area (Å²) < 4.78 is 5.61. The van der Waals surface area contributed by atoms with Crippen molar-refractivity contribution >= 4 is 17.3 Å². The monoisotopic (exact) mass is 305 g/mol. The van der Waals surface area contributed by atoms with Crippen molar-refractivity contribution in [2.75, 3.05) is 6.61 Å². The van der Waals surface area contributed by atoms with Gasteiger partial charge in [-0.1, -0.05) is 44.0 Å². The molecular formula is C16H19NO3S. The number of carboxylic acid groups (broad SMARTS) is 1. The van der Waals surface area contributed by atoms with E-state index in [2.05, 4.69) is 11.9 Å². The third-order valence-electron chi connectivity index (χ3n) is 3.09. The van der Waals surface area contributed by atoms with Crippen LogP contribution >= 0.6 is 11.3 Å². The van der Waals surface area contributed by atoms with Crippen molar-refractivity contribution in [1.29, 1.82) is 0 Å². The number of hydrogen-bond donors (Lipinski definition) is 1. The smallest absolute Gasteiger partial charge is 0.355 e. The van der Waals surface area contributed by atoms with Gasteiger partial charge in [0.25, 0.3) is 0 Å². The van der Waals surface area contributed by atoms with Gasteiger partial charge < -0.3 is 9.84 Å². The molecule has 112 valence electrons. The first-order chi connectivity index (χ1) is 10.2. The quantitative estimate of drug-likeness (QED) is 0.742. The van der Waals surface area contributed by atoms with Gasteiger partial charge in [-0.05, 0) is 12.0 Å². The molecule has 1 aromatic carbocycles. The van der Waals surface area contributed by atoms with Crippen molar-refractivity contribution < 1.29 is 14.6 Å². The fourth-order valence-electron chi connectivity index (χ4n) is 1.89. The number of unbranched alkanes of at least 4 members (excludes halogenated alkanes) is 2. The molecular weight excluding hydrogens is 286 g/mol. The lowest BCUT2D eigenvalue weighted by molar-refractivity contribution is 0.0691. The lowest BCUT2D eigenvalue weighted by Crippen LogP contribution is -1.96. The van der Waals surface area contributed by atoms with E-state index in [1.54, 1.807) is 5.38 Å². The fraction of sp³-hybridized carbons (Fsp3) is 0.375. The first-order valence-electron chi connectivity index (χ1n) is 7.06. The lowest BCUT2D eigenvalue weighted by atomic mass is 10.1. The SMILES string of the molecule is CCCCCOCc1ccc(-c2nc(C(=O)O)cs2)cc1. The molecule has 0 amide bonds. The molecule has 2 rings (SSSR count). The molecule has 0 fully saturated rings. The number of nitrogens with zero attached hydrogens (tertiary/aromatic N) is 1. The summed E-state index contributed by atoms with van der Waals surface area (Å²) in [5.74, 6) is -0.991. The standard InChI is InChI=1S/C16H19NO3S/c1-2-3-4-9-20-10-12-5-7-13(8-6-12)15-17-14(11-21-15)16(18)19/h5-8,11H,2-4,9-10H2,1H3,(H,18,19). The van der Waals surface area contributed by atoms with Crippen LogP contribution < -0.4 is 0 Å². The Bertz CT molecular complexity index is 577. The van der Waals surface area contributed by atoms with Crippen LogP contribution in [0.5, 0.6) is 0 Å². The average molecular weight is 305 g/mol. The van der Waals surface area contributed by atoms with Crippen LogP contribution in [-0.2, 0) is 11.3 Å². The van der Waals surface area contributed by atoms with Gasteiger partial charge in [-0.2, -0.15) is 0 Å². The molecule has 0 saturated heterocycles. The van der Waals surface area contributed by atoms with Crippen molar-refractivity contribution in [2.45, 2.75) is 32.8 Å². The topological polar surface area (TPSA) is 59.4 Å². The number of hydrogen-bond acceptors (Lipinski definition) is 4. The van der Waals surface area contributed by atoms with E-state index >= 15 is 0 Å². The predicted molar refractivity (Wildman–Crippen MR) is 83.7 cm³/mol. The van der Waals surface area contributed by atoms with Crippen molar-refractivity contribution in [2.24, 2.45) is 0 Å². The maximum absolute atomic E-state index is 10.8. The highest BCUT2D eigenvalue weighted by molar-refractivity contribution is 7.13. The number of carboxylic acids is 1. The summed E-state index contributed by atoms with van der Waals surface area (Å²) in [5, 5.41) is 11.2. The second-order valence-corrected chi connectivity index (χ2v) is 5.66. The minimum Gasteiger partial charge on any atom is -0.476 e. The van der Waals surface area contributed by atoms with Crippen LogP contribution in [0.1, 0.15) is 42.2 Å². The van der Waals surface area contributed by atoms with Crippen LogP contribution in [-0.4, -0.2) is 22.7 Å². The Labute approximate surface area is 128 Å². The normalized spacial score (nSPS) is 10.7. The van der Waals surface area contributed by atoms with E-state index in [0.29, 0.717) is 6.61 Å². The maximum atomic E-state index is 10.8. The van der Waals surface area contributed by atoms with Gasteiger partial charge >= 0.3 is 5.97 Å². The number of carbonyl (C=O) groups is 1. The van der Waals surface area contributed by atoms with Crippen LogP contribution in [0.2, 0.25) is 0 Å². The lowest BCUT2D eigenvalue weighted by Gasteiger charge is -2.04. The van der Waals surface area contributed by atoms with E-state index in [4.69, 9.17) is 9.84 Å². The highest BCUT2D eigenvalue weighted by Gasteiger charge is 2.09. The summed E-state index contributed by atoms with van der Waals surface area (Å²) in [6.45, 7) is 3.58. The zero-order chi connectivity index (χ0) is 15.1. The molecule has 1 aromatic heterocycles. The molecule has 0 atom stereocenters. The Morgan fingerprint density at radius 3 is 2.67 bits per heavy atom. The summed E-state index contributed by atoms with van der Waals surface area (Å²) in [6.07, 6.45) is 3.50. The Morgan fingerprint density at radius 2 is 2.05 bits per heavy atom. The van der Waals surface area contributed by atoms with Gasteiger partial charge in [0, 0.05) is 17.6 Å². The number of aromatic nitrogens is 1. The Hall–Kier alpha value is -1.72. The molecule has 5 heteroatoms. The van der Waals surface area contributed by atoms with Gasteiger partial charge in [-0.15, -0.1) is 11.3 Å². The van der Waals surface area contributed by atoms with Crippen molar-refractivity contribution in [1.82, 2.24) is 4.98 Å². The molecule has 0 bridgehead atoms. The molecule has 0 saturated carbocycles. The second-order valence-electron chi connectivity index (χ2n) is 4.80. The number of thiazole rings is 1. The molecule has 0 aliphatic rings. The molecule has 21 heavy (non-hydrogen) atoms. The zero-order valence-electron chi connectivity index (χ0n) is 12.0. The van der Waals surface area contributed by atoms with Crippen LogP contribution in [0.25, 0.3) is 10.6 Å². The molecule has 0 spiro atoms. The number of benzene rings is 1. The molecule has 1 N–H and O–H groups in total. The minimum atomic E-state index is -0.991. The maximum Gasteiger partial charge on any atom is 0.355 e. The van der Waals surface area contributed by atoms with Crippen LogP contribution in [0.3, 0.4) is 0 Å². The van der Waals surface area contributed by atoms with E-state index in [-0.39, 0.29) is 5.69 Å². The van der Waals surface area contributed by atoms with Gasteiger partial charge in [0.1, 0.15) is 5.01 Å². The van der Waals surface area contributed by atoms with Crippen molar-refractivity contribution in [3.05, 3.63) is 40.9 Å². The van der Waals surface area contributed by atoms with E-state index in [9.17, 15) is 4.79 Å². The van der Waals surface area contributed by atoms with Gasteiger partial charge in [-0.3, -0.25) is 0 Å². The van der Waals surface area contributed by atoms with Crippen LogP contribution in [0.4, 0.5) is 0 Å². The van der Waals surface area contributed by atoms with Gasteiger partial charge in [-0.25, -0.2) is 9.78 Å². The average Bonchev–Trinajstić information content (AvgIpc) is 2.98. The van der Waals surface area contributed by atoms with E-state index in [0.717, 1.165) is 29.2 Å². The molecule has 0 radical (unpaired) electrons. The number of rotatable bonds is 8. The third kappa shape index (κ3) is 4.65. The van der Waals surface area contributed by atoms with Crippen molar-refractivity contribution in [3.63, 3.8) is 0 Å². The van der Waals surface area contributed by atoms with Crippen LogP contribution in [0, 0.1) is 0 Å². The molecule has 0 aliphatic carbocycles. The number of aromatic carboxylic acids is 1. The summed E-state index contributed by atoms with van der Waals surface area (Å²) in [6, 6.07) is 7.90. The second kappa shape index (κ2) is 7.90.